The van der Waals surface area contributed by atoms with E-state index in [1.165, 1.54) is 12.1 Å². The minimum absolute atomic E-state index is 0.0208. The molecular weight excluding hydrogens is 341 g/mol. The number of benzene rings is 2. The number of sulfone groups is 1. The van der Waals surface area contributed by atoms with Crippen molar-refractivity contribution in [2.45, 2.75) is 12.7 Å². The van der Waals surface area contributed by atoms with Crippen LogP contribution in [0.3, 0.4) is 0 Å². The topological polar surface area (TPSA) is 63.2 Å². The van der Waals surface area contributed by atoms with E-state index in [9.17, 15) is 17.6 Å². The van der Waals surface area contributed by atoms with Gasteiger partial charge >= 0.3 is 0 Å². The van der Waals surface area contributed by atoms with Crippen LogP contribution in [0.4, 0.5) is 10.1 Å². The maximum atomic E-state index is 13.7. The SMILES string of the molecule is Cc1ccc(NC(=O)CS(=O)(=O)Cc2c(F)cccc2Cl)cc1. The maximum absolute atomic E-state index is 13.7. The molecule has 1 N–H and O–H groups in total. The van der Waals surface area contributed by atoms with Crippen LogP contribution in [0.2, 0.25) is 5.02 Å². The van der Waals surface area contributed by atoms with Gasteiger partial charge in [-0.25, -0.2) is 12.8 Å². The molecule has 7 heteroatoms. The van der Waals surface area contributed by atoms with Crippen LogP contribution < -0.4 is 5.32 Å². The Morgan fingerprint density at radius 1 is 1.17 bits per heavy atom. The van der Waals surface area contributed by atoms with Crippen LogP contribution in [-0.2, 0) is 20.4 Å². The lowest BCUT2D eigenvalue weighted by Crippen LogP contribution is -2.24. The second-order valence-electron chi connectivity index (χ2n) is 5.15. The molecule has 0 saturated heterocycles. The molecule has 0 spiro atoms. The van der Waals surface area contributed by atoms with Crippen LogP contribution in [0.5, 0.6) is 0 Å². The van der Waals surface area contributed by atoms with E-state index < -0.39 is 33.1 Å². The third kappa shape index (κ3) is 5.04. The quantitative estimate of drug-likeness (QED) is 0.894. The monoisotopic (exact) mass is 355 g/mol. The van der Waals surface area contributed by atoms with Gasteiger partial charge in [-0.15, -0.1) is 0 Å². The molecule has 0 aliphatic heterocycles. The molecule has 0 bridgehead atoms. The summed E-state index contributed by atoms with van der Waals surface area (Å²) < 4.78 is 37.8. The molecule has 0 radical (unpaired) electrons. The van der Waals surface area contributed by atoms with Gasteiger partial charge in [0.05, 0.1) is 5.75 Å². The fourth-order valence-corrected chi connectivity index (χ4v) is 3.59. The highest BCUT2D eigenvalue weighted by Gasteiger charge is 2.21. The van der Waals surface area contributed by atoms with E-state index in [4.69, 9.17) is 11.6 Å². The van der Waals surface area contributed by atoms with Crippen LogP contribution in [0.1, 0.15) is 11.1 Å². The van der Waals surface area contributed by atoms with Crippen molar-refractivity contribution in [2.75, 3.05) is 11.1 Å². The summed E-state index contributed by atoms with van der Waals surface area (Å²) in [5.74, 6) is -2.76. The van der Waals surface area contributed by atoms with Crippen LogP contribution in [0.15, 0.2) is 42.5 Å². The van der Waals surface area contributed by atoms with Crippen LogP contribution >= 0.6 is 11.6 Å². The minimum atomic E-state index is -3.84. The van der Waals surface area contributed by atoms with Crippen LogP contribution in [0, 0.1) is 12.7 Å². The van der Waals surface area contributed by atoms with Crippen molar-refractivity contribution in [1.82, 2.24) is 0 Å². The molecule has 0 aliphatic rings. The normalized spacial score (nSPS) is 11.3. The maximum Gasteiger partial charge on any atom is 0.239 e. The highest BCUT2D eigenvalue weighted by atomic mass is 35.5. The molecule has 0 aromatic heterocycles. The van der Waals surface area contributed by atoms with E-state index in [2.05, 4.69) is 5.32 Å². The predicted octanol–water partition coefficient (Wildman–Crippen LogP) is 3.34. The number of aryl methyl sites for hydroxylation is 1. The minimum Gasteiger partial charge on any atom is -0.325 e. The Morgan fingerprint density at radius 3 is 2.43 bits per heavy atom. The zero-order valence-electron chi connectivity index (χ0n) is 12.3. The molecule has 2 rings (SSSR count). The molecule has 0 aliphatic carbocycles. The van der Waals surface area contributed by atoms with Crippen LogP contribution in [-0.4, -0.2) is 20.1 Å². The van der Waals surface area contributed by atoms with Gasteiger partial charge in [-0.2, -0.15) is 0 Å². The molecule has 4 nitrogen and oxygen atoms in total. The Balaban J connectivity index is 2.06. The molecule has 2 aromatic rings. The third-order valence-electron chi connectivity index (χ3n) is 3.11. The van der Waals surface area contributed by atoms with E-state index in [-0.39, 0.29) is 10.6 Å². The van der Waals surface area contributed by atoms with Gasteiger partial charge in [0.2, 0.25) is 5.91 Å². The lowest BCUT2D eigenvalue weighted by atomic mass is 10.2. The highest BCUT2D eigenvalue weighted by Crippen LogP contribution is 2.21. The van der Waals surface area contributed by atoms with Crippen molar-refractivity contribution < 1.29 is 17.6 Å². The summed E-state index contributed by atoms with van der Waals surface area (Å²) in [7, 11) is -3.84. The van der Waals surface area contributed by atoms with Gasteiger partial charge in [0.15, 0.2) is 9.84 Å². The standard InChI is InChI=1S/C16H15ClFNO3S/c1-11-5-7-12(8-6-11)19-16(20)10-23(21,22)9-13-14(17)3-2-4-15(13)18/h2-8H,9-10H2,1H3,(H,19,20). The average molecular weight is 356 g/mol. The summed E-state index contributed by atoms with van der Waals surface area (Å²) in [4.78, 5) is 11.9. The van der Waals surface area contributed by atoms with Crippen LogP contribution in [0.25, 0.3) is 0 Å². The first-order chi connectivity index (χ1) is 10.8. The largest absolute Gasteiger partial charge is 0.325 e. The smallest absolute Gasteiger partial charge is 0.239 e. The van der Waals surface area contributed by atoms with Gasteiger partial charge in [-0.3, -0.25) is 4.79 Å². The first-order valence-corrected chi connectivity index (χ1v) is 8.96. The molecule has 0 atom stereocenters. The number of amides is 1. The molecule has 2 aromatic carbocycles. The summed E-state index contributed by atoms with van der Waals surface area (Å²) in [5, 5.41) is 2.52. The van der Waals surface area contributed by atoms with Gasteiger partial charge in [-0.1, -0.05) is 35.4 Å². The highest BCUT2D eigenvalue weighted by molar-refractivity contribution is 7.91. The molecule has 0 fully saturated rings. The number of anilines is 1. The second-order valence-corrected chi connectivity index (χ2v) is 7.62. The van der Waals surface area contributed by atoms with E-state index in [0.29, 0.717) is 5.69 Å². The summed E-state index contributed by atoms with van der Waals surface area (Å²) >= 11 is 5.81. The third-order valence-corrected chi connectivity index (χ3v) is 4.90. The fourth-order valence-electron chi connectivity index (χ4n) is 1.97. The number of hydrogen-bond donors (Lipinski definition) is 1. The lowest BCUT2D eigenvalue weighted by molar-refractivity contribution is -0.113. The van der Waals surface area contributed by atoms with Gasteiger partial charge in [0.25, 0.3) is 0 Å². The second kappa shape index (κ2) is 7.10. The summed E-state index contributed by atoms with van der Waals surface area (Å²) in [5.41, 5.74) is 1.39. The van der Waals surface area contributed by atoms with Crippen molar-refractivity contribution in [1.29, 1.82) is 0 Å². The van der Waals surface area contributed by atoms with Crippen molar-refractivity contribution in [2.24, 2.45) is 0 Å². The van der Waals surface area contributed by atoms with Gasteiger partial charge in [-0.05, 0) is 31.2 Å². The zero-order valence-corrected chi connectivity index (χ0v) is 13.9. The molecular formula is C16H15ClFNO3S. The fraction of sp³-hybridized carbons (Fsp3) is 0.188. The number of nitrogens with one attached hydrogen (secondary N) is 1. The summed E-state index contributed by atoms with van der Waals surface area (Å²) in [6.45, 7) is 1.90. The van der Waals surface area contributed by atoms with Gasteiger partial charge < -0.3 is 5.32 Å². The molecule has 0 heterocycles. The lowest BCUT2D eigenvalue weighted by Gasteiger charge is -2.08. The van der Waals surface area contributed by atoms with Gasteiger partial charge in [0, 0.05) is 16.3 Å². The average Bonchev–Trinajstić information content (AvgIpc) is 2.45. The van der Waals surface area contributed by atoms with Gasteiger partial charge in [0.1, 0.15) is 11.6 Å². The van der Waals surface area contributed by atoms with E-state index in [0.717, 1.165) is 11.6 Å². The van der Waals surface area contributed by atoms with E-state index >= 15 is 0 Å². The summed E-state index contributed by atoms with van der Waals surface area (Å²) in [6.07, 6.45) is 0. The van der Waals surface area contributed by atoms with Crippen molar-refractivity contribution >= 4 is 33.0 Å². The zero-order chi connectivity index (χ0) is 17.0. The Hall–Kier alpha value is -1.92. The Labute approximate surface area is 139 Å². The Morgan fingerprint density at radius 2 is 1.83 bits per heavy atom. The number of carbonyl (C=O) groups excluding carboxylic acids is 1. The number of rotatable bonds is 5. The van der Waals surface area contributed by atoms with Crippen molar-refractivity contribution in [3.63, 3.8) is 0 Å². The first kappa shape index (κ1) is 17.4. The Kier molecular flexibility index (Phi) is 5.38. The molecule has 0 unspecified atom stereocenters. The number of hydrogen-bond acceptors (Lipinski definition) is 3. The molecule has 23 heavy (non-hydrogen) atoms. The van der Waals surface area contributed by atoms with Crippen molar-refractivity contribution in [3.05, 3.63) is 64.4 Å². The van der Waals surface area contributed by atoms with Crippen molar-refractivity contribution in [3.8, 4) is 0 Å². The van der Waals surface area contributed by atoms with E-state index in [1.807, 2.05) is 6.92 Å². The number of halogens is 2. The Bertz CT molecular complexity index is 799. The number of carbonyl (C=O) groups is 1. The molecule has 0 saturated carbocycles. The summed E-state index contributed by atoms with van der Waals surface area (Å²) in [6, 6.07) is 10.9. The molecule has 1 amide bonds. The molecule has 122 valence electrons. The first-order valence-electron chi connectivity index (χ1n) is 6.77. The predicted molar refractivity (Wildman–Crippen MR) is 88.7 cm³/mol. The van der Waals surface area contributed by atoms with E-state index in [1.54, 1.807) is 24.3 Å².